The molecule has 0 spiro atoms. The van der Waals surface area contributed by atoms with E-state index < -0.39 is 0 Å². The molecule has 1 aromatic carbocycles. The van der Waals surface area contributed by atoms with Crippen LogP contribution in [-0.4, -0.2) is 18.7 Å². The molecule has 0 unspecified atom stereocenters. The van der Waals surface area contributed by atoms with Crippen molar-refractivity contribution in [1.82, 2.24) is 5.32 Å². The van der Waals surface area contributed by atoms with E-state index >= 15 is 0 Å². The maximum atomic E-state index is 9.35. The van der Waals surface area contributed by atoms with Crippen LogP contribution in [0.1, 0.15) is 11.3 Å². The molecule has 0 radical (unpaired) electrons. The van der Waals surface area contributed by atoms with Gasteiger partial charge in [-0.1, -0.05) is 0 Å². The Morgan fingerprint density at radius 3 is 3.00 bits per heavy atom. The Bertz CT molecular complexity index is 450. The fourth-order valence-electron chi connectivity index (χ4n) is 1.64. The summed E-state index contributed by atoms with van der Waals surface area (Å²) >= 11 is 1.77. The van der Waals surface area contributed by atoms with Gasteiger partial charge in [0.1, 0.15) is 5.75 Å². The van der Waals surface area contributed by atoms with Crippen LogP contribution in [0.5, 0.6) is 5.75 Å². The highest BCUT2D eigenvalue weighted by molar-refractivity contribution is 7.19. The molecular weight excluding hydrogens is 206 g/mol. The molecule has 0 aliphatic carbocycles. The highest BCUT2D eigenvalue weighted by Crippen LogP contribution is 2.29. The summed E-state index contributed by atoms with van der Waals surface area (Å²) < 4.78 is 1.18. The molecule has 0 saturated carbocycles. The zero-order valence-electron chi connectivity index (χ0n) is 8.79. The third-order valence-corrected chi connectivity index (χ3v) is 3.56. The van der Waals surface area contributed by atoms with Gasteiger partial charge in [-0.3, -0.25) is 0 Å². The summed E-state index contributed by atoms with van der Waals surface area (Å²) in [5.41, 5.74) is 0. The summed E-state index contributed by atoms with van der Waals surface area (Å²) in [6, 6.07) is 7.77. The predicted molar refractivity (Wildman–Crippen MR) is 65.7 cm³/mol. The van der Waals surface area contributed by atoms with Crippen molar-refractivity contribution in [2.24, 2.45) is 0 Å². The lowest BCUT2D eigenvalue weighted by atomic mass is 10.2. The number of aryl methyl sites for hydroxylation is 1. The number of nitrogens with one attached hydrogen (secondary N) is 1. The lowest BCUT2D eigenvalue weighted by Gasteiger charge is -1.95. The largest absolute Gasteiger partial charge is 0.508 e. The maximum absolute atomic E-state index is 9.35. The first-order valence-corrected chi connectivity index (χ1v) is 5.97. The van der Waals surface area contributed by atoms with Crippen molar-refractivity contribution in [1.29, 1.82) is 0 Å². The van der Waals surface area contributed by atoms with E-state index in [2.05, 4.69) is 11.4 Å². The molecule has 0 amide bonds. The minimum absolute atomic E-state index is 0.353. The van der Waals surface area contributed by atoms with Gasteiger partial charge in [-0.2, -0.15) is 0 Å². The summed E-state index contributed by atoms with van der Waals surface area (Å²) in [5, 5.41) is 13.7. The summed E-state index contributed by atoms with van der Waals surface area (Å²) in [7, 11) is 1.98. The summed E-state index contributed by atoms with van der Waals surface area (Å²) in [4.78, 5) is 1.39. The highest BCUT2D eigenvalue weighted by atomic mass is 32.1. The van der Waals surface area contributed by atoms with E-state index in [0.717, 1.165) is 19.4 Å². The van der Waals surface area contributed by atoms with Gasteiger partial charge in [0.15, 0.2) is 0 Å². The summed E-state index contributed by atoms with van der Waals surface area (Å²) in [6.07, 6.45) is 2.27. The Morgan fingerprint density at radius 2 is 2.20 bits per heavy atom. The van der Waals surface area contributed by atoms with Gasteiger partial charge in [0, 0.05) is 9.58 Å². The predicted octanol–water partition coefficient (Wildman–Crippen LogP) is 2.76. The van der Waals surface area contributed by atoms with Gasteiger partial charge in [-0.25, -0.2) is 0 Å². The van der Waals surface area contributed by atoms with Gasteiger partial charge >= 0.3 is 0 Å². The van der Waals surface area contributed by atoms with Crippen LogP contribution in [-0.2, 0) is 6.42 Å². The molecule has 2 aromatic rings. The number of hydrogen-bond acceptors (Lipinski definition) is 3. The molecule has 2 N–H and O–H groups in total. The fourth-order valence-corrected chi connectivity index (χ4v) is 2.78. The molecule has 1 heterocycles. The number of rotatable bonds is 4. The topological polar surface area (TPSA) is 32.3 Å². The Labute approximate surface area is 93.6 Å². The van der Waals surface area contributed by atoms with Crippen LogP contribution in [0.25, 0.3) is 10.1 Å². The van der Waals surface area contributed by atoms with Crippen molar-refractivity contribution in [3.05, 3.63) is 29.1 Å². The second-order valence-electron chi connectivity index (χ2n) is 3.64. The lowest BCUT2D eigenvalue weighted by Crippen LogP contribution is -2.07. The molecule has 0 bridgehead atoms. The molecule has 1 aromatic heterocycles. The van der Waals surface area contributed by atoms with Gasteiger partial charge in [0.2, 0.25) is 0 Å². The van der Waals surface area contributed by atoms with Gasteiger partial charge in [0.05, 0.1) is 0 Å². The highest BCUT2D eigenvalue weighted by Gasteiger charge is 2.02. The fraction of sp³-hybridized carbons (Fsp3) is 0.333. The first-order valence-electron chi connectivity index (χ1n) is 5.15. The number of benzene rings is 1. The molecule has 80 valence electrons. The van der Waals surface area contributed by atoms with Gasteiger partial charge in [0.25, 0.3) is 0 Å². The van der Waals surface area contributed by atoms with Crippen LogP contribution < -0.4 is 5.32 Å². The van der Waals surface area contributed by atoms with E-state index in [1.165, 1.54) is 15.0 Å². The minimum Gasteiger partial charge on any atom is -0.508 e. The lowest BCUT2D eigenvalue weighted by molar-refractivity contribution is 0.476. The number of fused-ring (bicyclic) bond motifs is 1. The standard InChI is InChI=1S/C12H15NOS/c1-13-6-2-3-11-7-9-4-5-10(14)8-12(9)15-11/h4-5,7-8,13-14H,2-3,6H2,1H3. The quantitative estimate of drug-likeness (QED) is 0.778. The number of aromatic hydroxyl groups is 1. The minimum atomic E-state index is 0.353. The molecule has 3 heteroatoms. The van der Waals surface area contributed by atoms with E-state index in [1.54, 1.807) is 17.4 Å². The number of thiophene rings is 1. The third kappa shape index (κ3) is 2.49. The first-order chi connectivity index (χ1) is 7.29. The van der Waals surface area contributed by atoms with E-state index in [4.69, 9.17) is 0 Å². The molecule has 2 rings (SSSR count). The molecule has 0 aliphatic heterocycles. The molecule has 0 aliphatic rings. The molecule has 15 heavy (non-hydrogen) atoms. The number of hydrogen-bond donors (Lipinski definition) is 2. The normalized spacial score (nSPS) is 11.0. The van der Waals surface area contributed by atoms with Gasteiger partial charge in [-0.15, -0.1) is 11.3 Å². The van der Waals surface area contributed by atoms with Crippen molar-refractivity contribution >= 4 is 21.4 Å². The van der Waals surface area contributed by atoms with Crippen LogP contribution in [0, 0.1) is 0 Å². The second kappa shape index (κ2) is 4.64. The Balaban J connectivity index is 2.16. The van der Waals surface area contributed by atoms with E-state index in [9.17, 15) is 5.11 Å². The molecule has 0 fully saturated rings. The summed E-state index contributed by atoms with van der Waals surface area (Å²) in [6.45, 7) is 1.06. The third-order valence-electron chi connectivity index (χ3n) is 2.40. The van der Waals surface area contributed by atoms with E-state index in [0.29, 0.717) is 5.75 Å². The van der Waals surface area contributed by atoms with Crippen LogP contribution in [0.2, 0.25) is 0 Å². The van der Waals surface area contributed by atoms with Gasteiger partial charge in [-0.05, 0) is 56.1 Å². The zero-order valence-corrected chi connectivity index (χ0v) is 9.60. The maximum Gasteiger partial charge on any atom is 0.117 e. The van der Waals surface area contributed by atoms with Crippen molar-refractivity contribution in [2.45, 2.75) is 12.8 Å². The molecule has 0 atom stereocenters. The Kier molecular flexibility index (Phi) is 3.23. The Morgan fingerprint density at radius 1 is 1.33 bits per heavy atom. The van der Waals surface area contributed by atoms with Crippen LogP contribution >= 0.6 is 11.3 Å². The average Bonchev–Trinajstić information content (AvgIpc) is 2.60. The van der Waals surface area contributed by atoms with Crippen molar-refractivity contribution < 1.29 is 5.11 Å². The van der Waals surface area contributed by atoms with Crippen molar-refractivity contribution in [3.63, 3.8) is 0 Å². The molecule has 2 nitrogen and oxygen atoms in total. The number of phenols is 1. The average molecular weight is 221 g/mol. The first kappa shape index (κ1) is 10.5. The zero-order chi connectivity index (χ0) is 10.7. The SMILES string of the molecule is CNCCCc1cc2ccc(O)cc2s1. The summed E-state index contributed by atoms with van der Waals surface area (Å²) in [5.74, 6) is 0.353. The smallest absolute Gasteiger partial charge is 0.117 e. The molecule has 0 saturated heterocycles. The van der Waals surface area contributed by atoms with Crippen molar-refractivity contribution in [2.75, 3.05) is 13.6 Å². The van der Waals surface area contributed by atoms with Crippen LogP contribution in [0.4, 0.5) is 0 Å². The van der Waals surface area contributed by atoms with Crippen LogP contribution in [0.15, 0.2) is 24.3 Å². The van der Waals surface area contributed by atoms with Gasteiger partial charge < -0.3 is 10.4 Å². The monoisotopic (exact) mass is 221 g/mol. The number of phenolic OH excluding ortho intramolecular Hbond substituents is 1. The second-order valence-corrected chi connectivity index (χ2v) is 4.81. The van der Waals surface area contributed by atoms with E-state index in [1.807, 2.05) is 19.2 Å². The van der Waals surface area contributed by atoms with E-state index in [-0.39, 0.29) is 0 Å². The van der Waals surface area contributed by atoms with Crippen molar-refractivity contribution in [3.8, 4) is 5.75 Å². The Hall–Kier alpha value is -1.06. The molecular formula is C12H15NOS. The van der Waals surface area contributed by atoms with Crippen LogP contribution in [0.3, 0.4) is 0 Å².